The molecule has 0 aliphatic rings. The molecule has 5 nitrogen and oxygen atoms in total. The molecule has 1 aromatic heterocycles. The number of hydrogen-bond donors (Lipinski definition) is 2. The van der Waals surface area contributed by atoms with E-state index in [0.29, 0.717) is 0 Å². The summed E-state index contributed by atoms with van der Waals surface area (Å²) in [5.74, 6) is 6.60. The first-order valence-electron chi connectivity index (χ1n) is 7.29. The lowest BCUT2D eigenvalue weighted by Crippen LogP contribution is -2.28. The van der Waals surface area contributed by atoms with E-state index in [-0.39, 0.29) is 12.1 Å². The van der Waals surface area contributed by atoms with Crippen LogP contribution in [0.2, 0.25) is 0 Å². The van der Waals surface area contributed by atoms with Gasteiger partial charge in [0.2, 0.25) is 0 Å². The number of rotatable bonds is 7. The summed E-state index contributed by atoms with van der Waals surface area (Å²) in [6.45, 7) is 4.04. The molecule has 5 heteroatoms. The van der Waals surface area contributed by atoms with Crippen LogP contribution in [0.25, 0.3) is 0 Å². The second-order valence-corrected chi connectivity index (χ2v) is 5.44. The van der Waals surface area contributed by atoms with Gasteiger partial charge in [-0.15, -0.1) is 0 Å². The molecule has 0 bridgehead atoms. The van der Waals surface area contributed by atoms with Crippen LogP contribution in [0, 0.1) is 0 Å². The lowest BCUT2D eigenvalue weighted by Gasteiger charge is -2.18. The predicted molar refractivity (Wildman–Crippen MR) is 83.8 cm³/mol. The Balaban J connectivity index is 2.05. The first-order valence-corrected chi connectivity index (χ1v) is 7.29. The Hall–Kier alpha value is -1.85. The fourth-order valence-corrected chi connectivity index (χ4v) is 2.36. The summed E-state index contributed by atoms with van der Waals surface area (Å²) in [6, 6.07) is 10.2. The van der Waals surface area contributed by atoms with Crippen LogP contribution in [-0.4, -0.2) is 15.9 Å². The fourth-order valence-electron chi connectivity index (χ4n) is 2.36. The maximum atomic E-state index is 5.74. The second-order valence-electron chi connectivity index (χ2n) is 5.44. The van der Waals surface area contributed by atoms with E-state index in [1.54, 1.807) is 0 Å². The fraction of sp³-hybridized carbons (Fsp3) is 0.438. The molecular formula is C16H24N4O. The molecule has 0 fully saturated rings. The van der Waals surface area contributed by atoms with Crippen LogP contribution in [-0.2, 0) is 13.5 Å². The number of hydrazine groups is 1. The number of ether oxygens (including phenoxy) is 1. The molecule has 0 aliphatic heterocycles. The number of aryl methyl sites for hydroxylation is 2. The van der Waals surface area contributed by atoms with Crippen LogP contribution in [0.4, 0.5) is 0 Å². The Labute approximate surface area is 126 Å². The number of nitrogens with zero attached hydrogens (tertiary/aromatic N) is 2. The van der Waals surface area contributed by atoms with Gasteiger partial charge in [-0.1, -0.05) is 12.1 Å². The molecule has 3 N–H and O–H groups in total. The number of aromatic nitrogens is 2. The van der Waals surface area contributed by atoms with E-state index in [4.69, 9.17) is 10.6 Å². The monoisotopic (exact) mass is 288 g/mol. The lowest BCUT2D eigenvalue weighted by atomic mass is 10.0. The quantitative estimate of drug-likeness (QED) is 0.606. The van der Waals surface area contributed by atoms with Crippen LogP contribution in [0.3, 0.4) is 0 Å². The Morgan fingerprint density at radius 3 is 2.76 bits per heavy atom. The highest BCUT2D eigenvalue weighted by Gasteiger charge is 2.12. The smallest absolute Gasteiger partial charge is 0.120 e. The molecule has 114 valence electrons. The van der Waals surface area contributed by atoms with E-state index in [1.807, 2.05) is 56.0 Å². The normalized spacial score (nSPS) is 12.6. The first kappa shape index (κ1) is 15.5. The minimum Gasteiger partial charge on any atom is -0.491 e. The SMILES string of the molecule is CC(C)Oc1cccc(C(CCc2ccnn2C)NN)c1. The third-order valence-corrected chi connectivity index (χ3v) is 3.45. The van der Waals surface area contributed by atoms with Crippen LogP contribution in [0.5, 0.6) is 5.75 Å². The van der Waals surface area contributed by atoms with Crippen molar-refractivity contribution in [1.29, 1.82) is 0 Å². The molecule has 1 unspecified atom stereocenters. The van der Waals surface area contributed by atoms with Crippen molar-refractivity contribution in [1.82, 2.24) is 15.2 Å². The molecular weight excluding hydrogens is 264 g/mol. The Morgan fingerprint density at radius 2 is 2.14 bits per heavy atom. The van der Waals surface area contributed by atoms with Crippen molar-refractivity contribution in [2.75, 3.05) is 0 Å². The highest BCUT2D eigenvalue weighted by molar-refractivity contribution is 5.30. The number of hydrogen-bond acceptors (Lipinski definition) is 4. The summed E-state index contributed by atoms with van der Waals surface area (Å²) in [6.07, 6.45) is 3.80. The average Bonchev–Trinajstić information content (AvgIpc) is 2.85. The Morgan fingerprint density at radius 1 is 1.33 bits per heavy atom. The molecule has 0 saturated carbocycles. The number of nitrogens with one attached hydrogen (secondary N) is 1. The van der Waals surface area contributed by atoms with Gasteiger partial charge in [0, 0.05) is 25.0 Å². The second kappa shape index (κ2) is 7.24. The van der Waals surface area contributed by atoms with Crippen LogP contribution < -0.4 is 16.0 Å². The molecule has 1 heterocycles. The zero-order chi connectivity index (χ0) is 15.2. The van der Waals surface area contributed by atoms with E-state index in [1.165, 1.54) is 5.69 Å². The molecule has 2 aromatic rings. The Kier molecular flexibility index (Phi) is 5.36. The topological polar surface area (TPSA) is 65.1 Å². The van der Waals surface area contributed by atoms with Gasteiger partial charge < -0.3 is 4.74 Å². The summed E-state index contributed by atoms with van der Waals surface area (Å²) in [7, 11) is 1.96. The molecule has 21 heavy (non-hydrogen) atoms. The molecule has 0 aliphatic carbocycles. The first-order chi connectivity index (χ1) is 10.1. The highest BCUT2D eigenvalue weighted by Crippen LogP contribution is 2.23. The Bertz CT molecular complexity index is 565. The minimum absolute atomic E-state index is 0.0932. The van der Waals surface area contributed by atoms with Gasteiger partial charge in [0.15, 0.2) is 0 Å². The molecule has 2 rings (SSSR count). The standard InChI is InChI=1S/C16H24N4O/c1-12(2)21-15-6-4-5-13(11-15)16(19-17)8-7-14-9-10-18-20(14)3/h4-6,9-12,16,19H,7-8,17H2,1-3H3. The molecule has 1 aromatic carbocycles. The van der Waals surface area contributed by atoms with Crippen LogP contribution in [0.15, 0.2) is 36.5 Å². The van der Waals surface area contributed by atoms with Crippen molar-refractivity contribution in [3.8, 4) is 5.75 Å². The van der Waals surface area contributed by atoms with Gasteiger partial charge in [0.05, 0.1) is 6.10 Å². The summed E-state index contributed by atoms with van der Waals surface area (Å²) in [4.78, 5) is 0. The van der Waals surface area contributed by atoms with Crippen molar-refractivity contribution in [3.05, 3.63) is 47.8 Å². The predicted octanol–water partition coefficient (Wildman–Crippen LogP) is 2.34. The highest BCUT2D eigenvalue weighted by atomic mass is 16.5. The van der Waals surface area contributed by atoms with Crippen molar-refractivity contribution in [3.63, 3.8) is 0 Å². The van der Waals surface area contributed by atoms with E-state index in [9.17, 15) is 0 Å². The molecule has 0 amide bonds. The van der Waals surface area contributed by atoms with Crippen molar-refractivity contribution in [2.24, 2.45) is 12.9 Å². The van der Waals surface area contributed by atoms with Gasteiger partial charge >= 0.3 is 0 Å². The largest absolute Gasteiger partial charge is 0.491 e. The van der Waals surface area contributed by atoms with Gasteiger partial charge in [-0.25, -0.2) is 0 Å². The van der Waals surface area contributed by atoms with E-state index >= 15 is 0 Å². The van der Waals surface area contributed by atoms with Gasteiger partial charge in [-0.3, -0.25) is 16.0 Å². The molecule has 0 spiro atoms. The number of nitrogens with two attached hydrogens (primary N) is 1. The van der Waals surface area contributed by atoms with E-state index in [2.05, 4.69) is 16.6 Å². The third kappa shape index (κ3) is 4.31. The zero-order valence-corrected chi connectivity index (χ0v) is 12.9. The van der Waals surface area contributed by atoms with E-state index in [0.717, 1.165) is 24.2 Å². The summed E-state index contributed by atoms with van der Waals surface area (Å²) < 4.78 is 7.63. The summed E-state index contributed by atoms with van der Waals surface area (Å²) in [5, 5.41) is 4.18. The van der Waals surface area contributed by atoms with Gasteiger partial charge in [-0.2, -0.15) is 5.10 Å². The maximum Gasteiger partial charge on any atom is 0.120 e. The zero-order valence-electron chi connectivity index (χ0n) is 12.9. The van der Waals surface area contributed by atoms with Crippen LogP contribution in [0.1, 0.15) is 37.6 Å². The molecule has 0 radical (unpaired) electrons. The summed E-state index contributed by atoms with van der Waals surface area (Å²) in [5.41, 5.74) is 5.23. The van der Waals surface area contributed by atoms with Gasteiger partial charge in [0.1, 0.15) is 5.75 Å². The summed E-state index contributed by atoms with van der Waals surface area (Å²) >= 11 is 0. The van der Waals surface area contributed by atoms with Gasteiger partial charge in [0.25, 0.3) is 0 Å². The van der Waals surface area contributed by atoms with Crippen molar-refractivity contribution in [2.45, 2.75) is 38.8 Å². The minimum atomic E-state index is 0.0932. The molecule has 1 atom stereocenters. The average molecular weight is 288 g/mol. The number of benzene rings is 1. The van der Waals surface area contributed by atoms with E-state index < -0.39 is 0 Å². The maximum absolute atomic E-state index is 5.74. The van der Waals surface area contributed by atoms with Crippen molar-refractivity contribution < 1.29 is 4.74 Å². The third-order valence-electron chi connectivity index (χ3n) is 3.45. The van der Waals surface area contributed by atoms with Crippen molar-refractivity contribution >= 4 is 0 Å². The molecule has 0 saturated heterocycles. The lowest BCUT2D eigenvalue weighted by molar-refractivity contribution is 0.242. The van der Waals surface area contributed by atoms with Gasteiger partial charge in [-0.05, 0) is 50.5 Å². The van der Waals surface area contributed by atoms with Crippen LogP contribution >= 0.6 is 0 Å².